The Bertz CT molecular complexity index is 475. The molecule has 0 radical (unpaired) electrons. The maximum Gasteiger partial charge on any atom is 0.311 e. The largest absolute Gasteiger partial charge is 0.481 e. The fourth-order valence-electron chi connectivity index (χ4n) is 4.65. The minimum atomic E-state index is -0.981. The molecule has 2 amide bonds. The van der Waals surface area contributed by atoms with E-state index in [0.29, 0.717) is 25.7 Å². The van der Waals surface area contributed by atoms with Crippen molar-refractivity contribution in [3.8, 4) is 0 Å². The Hall–Kier alpha value is -1.39. The van der Waals surface area contributed by atoms with E-state index in [1.54, 1.807) is 6.92 Å². The van der Waals surface area contributed by atoms with Crippen LogP contribution < -0.4 is 0 Å². The average Bonchev–Trinajstić information content (AvgIpc) is 2.98. The van der Waals surface area contributed by atoms with E-state index < -0.39 is 17.4 Å². The fraction of sp³-hybridized carbons (Fsp3) is 0.812. The van der Waals surface area contributed by atoms with E-state index in [4.69, 9.17) is 0 Å². The number of piperidine rings is 1. The van der Waals surface area contributed by atoms with Crippen molar-refractivity contribution >= 4 is 17.8 Å². The molecular formula is C16H23NO4. The third-order valence-corrected chi connectivity index (χ3v) is 5.96. The molecule has 1 heterocycles. The number of nitrogens with zero attached hydrogens (tertiary/aromatic N) is 1. The summed E-state index contributed by atoms with van der Waals surface area (Å²) in [6, 6.07) is -0.464. The lowest BCUT2D eigenvalue weighted by molar-refractivity contribution is -0.163. The third-order valence-electron chi connectivity index (χ3n) is 5.96. The van der Waals surface area contributed by atoms with Gasteiger partial charge in [0.05, 0.1) is 11.5 Å². The molecule has 3 fully saturated rings. The van der Waals surface area contributed by atoms with Gasteiger partial charge in [0.25, 0.3) is 0 Å². The Balaban J connectivity index is 1.85. The lowest BCUT2D eigenvalue weighted by Crippen LogP contribution is -2.56. The van der Waals surface area contributed by atoms with Gasteiger partial charge >= 0.3 is 5.97 Å². The van der Waals surface area contributed by atoms with Crippen LogP contribution in [0.5, 0.6) is 0 Å². The Kier molecular flexibility index (Phi) is 3.34. The molecule has 116 valence electrons. The first-order valence-electron chi connectivity index (χ1n) is 7.96. The van der Waals surface area contributed by atoms with Crippen molar-refractivity contribution in [2.24, 2.45) is 10.8 Å². The number of hydrogen-bond acceptors (Lipinski definition) is 3. The summed E-state index contributed by atoms with van der Waals surface area (Å²) in [4.78, 5) is 38.1. The highest BCUT2D eigenvalue weighted by molar-refractivity contribution is 5.99. The van der Waals surface area contributed by atoms with E-state index >= 15 is 0 Å². The van der Waals surface area contributed by atoms with Crippen LogP contribution in [0.1, 0.15) is 64.7 Å². The number of carbonyl (C=O) groups is 3. The number of rotatable bonds is 2. The second kappa shape index (κ2) is 4.82. The molecule has 0 aromatic heterocycles. The van der Waals surface area contributed by atoms with Gasteiger partial charge in [0.1, 0.15) is 0 Å². The van der Waals surface area contributed by atoms with Crippen molar-refractivity contribution in [2.45, 2.75) is 70.8 Å². The standard InChI is InChI=1S/C16H23NO4/c1-15(14(20)21)6-4-5-11(15)17-12(18)9-16(10-13(17)19)7-2-3-8-16/h11H,2-10H2,1H3,(H,20,21). The normalized spacial score (nSPS) is 35.7. The van der Waals surface area contributed by atoms with E-state index in [9.17, 15) is 19.5 Å². The molecule has 3 aliphatic rings. The van der Waals surface area contributed by atoms with Gasteiger partial charge in [-0.25, -0.2) is 0 Å². The van der Waals surface area contributed by atoms with Crippen molar-refractivity contribution < 1.29 is 19.5 Å². The highest BCUT2D eigenvalue weighted by Crippen LogP contribution is 2.50. The first kappa shape index (κ1) is 14.5. The third kappa shape index (κ3) is 2.17. The Morgan fingerprint density at radius 1 is 1.10 bits per heavy atom. The topological polar surface area (TPSA) is 74.7 Å². The zero-order valence-electron chi connectivity index (χ0n) is 12.6. The van der Waals surface area contributed by atoms with Gasteiger partial charge < -0.3 is 5.11 Å². The molecule has 2 atom stereocenters. The number of likely N-dealkylation sites (tertiary alicyclic amines) is 1. The number of hydrogen-bond donors (Lipinski definition) is 1. The van der Waals surface area contributed by atoms with Crippen LogP contribution in [0.15, 0.2) is 0 Å². The first-order chi connectivity index (χ1) is 9.88. The molecule has 1 N–H and O–H groups in total. The lowest BCUT2D eigenvalue weighted by atomic mass is 9.74. The van der Waals surface area contributed by atoms with Gasteiger partial charge in [-0.15, -0.1) is 0 Å². The highest BCUT2D eigenvalue weighted by atomic mass is 16.4. The SMILES string of the molecule is CC1(C(=O)O)CCCC1N1C(=O)CC2(CCCC2)CC1=O. The first-order valence-corrected chi connectivity index (χ1v) is 7.96. The summed E-state index contributed by atoms with van der Waals surface area (Å²) in [6.45, 7) is 1.67. The smallest absolute Gasteiger partial charge is 0.311 e. The Labute approximate surface area is 124 Å². The number of carboxylic acids is 1. The van der Waals surface area contributed by atoms with Crippen LogP contribution in [0, 0.1) is 10.8 Å². The second-order valence-corrected chi connectivity index (χ2v) is 7.35. The number of imide groups is 1. The van der Waals surface area contributed by atoms with Gasteiger partial charge in [0.15, 0.2) is 0 Å². The quantitative estimate of drug-likeness (QED) is 0.793. The summed E-state index contributed by atoms with van der Waals surface area (Å²) in [7, 11) is 0. The molecule has 2 unspecified atom stereocenters. The van der Waals surface area contributed by atoms with Gasteiger partial charge in [-0.2, -0.15) is 0 Å². The van der Waals surface area contributed by atoms with Crippen molar-refractivity contribution in [2.75, 3.05) is 0 Å². The van der Waals surface area contributed by atoms with Crippen molar-refractivity contribution in [1.82, 2.24) is 4.90 Å². The fourth-order valence-corrected chi connectivity index (χ4v) is 4.65. The monoisotopic (exact) mass is 293 g/mol. The second-order valence-electron chi connectivity index (χ2n) is 7.35. The number of amides is 2. The molecule has 2 aliphatic carbocycles. The Morgan fingerprint density at radius 2 is 1.67 bits per heavy atom. The van der Waals surface area contributed by atoms with Crippen LogP contribution >= 0.6 is 0 Å². The molecule has 5 heteroatoms. The summed E-state index contributed by atoms with van der Waals surface area (Å²) in [5.41, 5.74) is -1.10. The van der Waals surface area contributed by atoms with Gasteiger partial charge in [0.2, 0.25) is 11.8 Å². The molecule has 3 rings (SSSR count). The summed E-state index contributed by atoms with van der Waals surface area (Å²) in [5.74, 6) is -1.19. The van der Waals surface area contributed by atoms with Crippen molar-refractivity contribution in [3.63, 3.8) is 0 Å². The molecular weight excluding hydrogens is 270 g/mol. The summed E-state index contributed by atoms with van der Waals surface area (Å²) < 4.78 is 0. The lowest BCUT2D eigenvalue weighted by Gasteiger charge is -2.43. The summed E-state index contributed by atoms with van der Waals surface area (Å²) >= 11 is 0. The zero-order chi connectivity index (χ0) is 15.3. The van der Waals surface area contributed by atoms with Crippen LogP contribution in [0.25, 0.3) is 0 Å². The van der Waals surface area contributed by atoms with E-state index in [-0.39, 0.29) is 17.2 Å². The molecule has 0 bridgehead atoms. The molecule has 0 aromatic rings. The van der Waals surface area contributed by atoms with Crippen LogP contribution in [0.4, 0.5) is 0 Å². The van der Waals surface area contributed by atoms with Crippen LogP contribution in [0.3, 0.4) is 0 Å². The van der Waals surface area contributed by atoms with E-state index in [1.165, 1.54) is 4.90 Å². The molecule has 1 aliphatic heterocycles. The molecule has 21 heavy (non-hydrogen) atoms. The van der Waals surface area contributed by atoms with E-state index in [0.717, 1.165) is 32.1 Å². The van der Waals surface area contributed by atoms with Gasteiger partial charge in [-0.3, -0.25) is 19.3 Å². The predicted octanol–water partition coefficient (Wildman–Crippen LogP) is 2.34. The molecule has 1 spiro atoms. The maximum absolute atomic E-state index is 12.6. The maximum atomic E-state index is 12.6. The average molecular weight is 293 g/mol. The van der Waals surface area contributed by atoms with Crippen LogP contribution in [0.2, 0.25) is 0 Å². The molecule has 1 saturated heterocycles. The number of aliphatic carboxylic acids is 1. The number of carboxylic acid groups (broad SMARTS) is 1. The summed E-state index contributed by atoms with van der Waals surface area (Å²) in [6.07, 6.45) is 6.86. The van der Waals surface area contributed by atoms with E-state index in [2.05, 4.69) is 0 Å². The highest BCUT2D eigenvalue weighted by Gasteiger charge is 2.54. The molecule has 0 aromatic carbocycles. The molecule has 5 nitrogen and oxygen atoms in total. The van der Waals surface area contributed by atoms with Gasteiger partial charge in [-0.05, 0) is 38.0 Å². The van der Waals surface area contributed by atoms with Crippen LogP contribution in [-0.4, -0.2) is 33.8 Å². The Morgan fingerprint density at radius 3 is 2.19 bits per heavy atom. The van der Waals surface area contributed by atoms with E-state index in [1.807, 2.05) is 0 Å². The molecule has 2 saturated carbocycles. The summed E-state index contributed by atoms with van der Waals surface area (Å²) in [5, 5.41) is 9.50. The zero-order valence-corrected chi connectivity index (χ0v) is 12.6. The van der Waals surface area contributed by atoms with Gasteiger partial charge in [0, 0.05) is 12.8 Å². The van der Waals surface area contributed by atoms with Gasteiger partial charge in [-0.1, -0.05) is 19.3 Å². The predicted molar refractivity (Wildman–Crippen MR) is 75.4 cm³/mol. The van der Waals surface area contributed by atoms with Crippen molar-refractivity contribution in [3.05, 3.63) is 0 Å². The minimum Gasteiger partial charge on any atom is -0.481 e. The van der Waals surface area contributed by atoms with Crippen molar-refractivity contribution in [1.29, 1.82) is 0 Å². The van der Waals surface area contributed by atoms with Crippen LogP contribution in [-0.2, 0) is 14.4 Å². The number of carbonyl (C=O) groups excluding carboxylic acids is 2. The minimum absolute atomic E-state index is 0.122.